The average Bonchev–Trinajstić information content (AvgIpc) is 3.02. The second kappa shape index (κ2) is 9.03. The van der Waals surface area contributed by atoms with E-state index < -0.39 is 0 Å². The van der Waals surface area contributed by atoms with E-state index in [1.54, 1.807) is 24.3 Å². The van der Waals surface area contributed by atoms with Crippen LogP contribution in [-0.4, -0.2) is 41.1 Å². The minimum Gasteiger partial charge on any atom is -0.494 e. The zero-order chi connectivity index (χ0) is 19.9. The first-order valence-electron chi connectivity index (χ1n) is 9.28. The minimum atomic E-state index is -0.297. The van der Waals surface area contributed by atoms with Gasteiger partial charge in [-0.25, -0.2) is 4.98 Å². The Labute approximate surface area is 163 Å². The fraction of sp³-hybridized carbons (Fsp3) is 0.286. The van der Waals surface area contributed by atoms with Gasteiger partial charge in [0.1, 0.15) is 11.6 Å². The highest BCUT2D eigenvalue weighted by molar-refractivity contribution is 5.96. The molecule has 0 aliphatic heterocycles. The number of para-hydroxylation sites is 2. The van der Waals surface area contributed by atoms with Gasteiger partial charge in [0.2, 0.25) is 5.91 Å². The summed E-state index contributed by atoms with van der Waals surface area (Å²) in [5.74, 6) is 1.08. The van der Waals surface area contributed by atoms with Crippen LogP contribution in [0.2, 0.25) is 0 Å². The van der Waals surface area contributed by atoms with E-state index in [2.05, 4.69) is 20.2 Å². The van der Waals surface area contributed by atoms with Crippen molar-refractivity contribution in [2.24, 2.45) is 0 Å². The molecule has 0 saturated heterocycles. The molecule has 3 rings (SSSR count). The second-order valence-corrected chi connectivity index (χ2v) is 6.29. The van der Waals surface area contributed by atoms with E-state index in [0.717, 1.165) is 16.9 Å². The summed E-state index contributed by atoms with van der Waals surface area (Å²) in [5, 5.41) is 5.45. The maximum Gasteiger partial charge on any atom is 0.251 e. The molecule has 2 N–H and O–H groups in total. The smallest absolute Gasteiger partial charge is 0.251 e. The Bertz CT molecular complexity index is 963. The van der Waals surface area contributed by atoms with Gasteiger partial charge in [-0.05, 0) is 50.2 Å². The summed E-state index contributed by atoms with van der Waals surface area (Å²) in [7, 11) is 0. The number of fused-ring (bicyclic) bond motifs is 1. The van der Waals surface area contributed by atoms with Gasteiger partial charge >= 0.3 is 0 Å². The van der Waals surface area contributed by atoms with Gasteiger partial charge in [-0.15, -0.1) is 0 Å². The lowest BCUT2D eigenvalue weighted by molar-refractivity contribution is -0.120. The van der Waals surface area contributed by atoms with Gasteiger partial charge in [0.05, 0.1) is 24.2 Å². The van der Waals surface area contributed by atoms with Gasteiger partial charge in [-0.2, -0.15) is 0 Å². The van der Waals surface area contributed by atoms with Gasteiger partial charge in [-0.1, -0.05) is 12.1 Å². The minimum absolute atomic E-state index is 0.0737. The molecular weight excluding hydrogens is 356 g/mol. The summed E-state index contributed by atoms with van der Waals surface area (Å²) in [4.78, 5) is 28.7. The predicted octanol–water partition coefficient (Wildman–Crippen LogP) is 2.29. The van der Waals surface area contributed by atoms with Crippen molar-refractivity contribution in [3.05, 3.63) is 59.9 Å². The molecule has 1 heterocycles. The largest absolute Gasteiger partial charge is 0.494 e. The molecule has 7 nitrogen and oxygen atoms in total. The van der Waals surface area contributed by atoms with E-state index >= 15 is 0 Å². The van der Waals surface area contributed by atoms with Crippen LogP contribution < -0.4 is 15.4 Å². The molecule has 0 saturated carbocycles. The van der Waals surface area contributed by atoms with Crippen LogP contribution in [0.3, 0.4) is 0 Å². The molecule has 0 bridgehead atoms. The molecule has 2 aromatic carbocycles. The zero-order valence-corrected chi connectivity index (χ0v) is 16.1. The van der Waals surface area contributed by atoms with Crippen LogP contribution in [0.25, 0.3) is 11.0 Å². The van der Waals surface area contributed by atoms with E-state index in [0.29, 0.717) is 31.0 Å². The van der Waals surface area contributed by atoms with Gasteiger partial charge in [0, 0.05) is 18.7 Å². The SMILES string of the molecule is CCOc1ccc(C(=O)NCC(=O)NCCn2c(C)nc3ccccc32)cc1. The summed E-state index contributed by atoms with van der Waals surface area (Å²) in [6.07, 6.45) is 0. The Morgan fingerprint density at radius 1 is 1.07 bits per heavy atom. The highest BCUT2D eigenvalue weighted by atomic mass is 16.5. The molecule has 2 amide bonds. The quantitative estimate of drug-likeness (QED) is 0.628. The Kier molecular flexibility index (Phi) is 6.26. The van der Waals surface area contributed by atoms with Crippen LogP contribution >= 0.6 is 0 Å². The first-order valence-corrected chi connectivity index (χ1v) is 9.28. The van der Waals surface area contributed by atoms with Crippen molar-refractivity contribution in [1.29, 1.82) is 0 Å². The number of hydrogen-bond donors (Lipinski definition) is 2. The maximum atomic E-state index is 12.1. The molecule has 0 aliphatic carbocycles. The molecule has 0 aliphatic rings. The van der Waals surface area contributed by atoms with Crippen LogP contribution in [-0.2, 0) is 11.3 Å². The number of aromatic nitrogens is 2. The number of carbonyl (C=O) groups excluding carboxylic acids is 2. The van der Waals surface area contributed by atoms with Crippen LogP contribution in [0.1, 0.15) is 23.1 Å². The first-order chi connectivity index (χ1) is 13.6. The van der Waals surface area contributed by atoms with Crippen LogP contribution in [0.5, 0.6) is 5.75 Å². The highest BCUT2D eigenvalue weighted by Crippen LogP contribution is 2.15. The molecule has 146 valence electrons. The van der Waals surface area contributed by atoms with Gasteiger partial charge in [0.25, 0.3) is 5.91 Å². The highest BCUT2D eigenvalue weighted by Gasteiger charge is 2.09. The number of ether oxygens (including phenoxy) is 1. The van der Waals surface area contributed by atoms with Crippen LogP contribution in [0.4, 0.5) is 0 Å². The number of nitrogens with zero attached hydrogens (tertiary/aromatic N) is 2. The summed E-state index contributed by atoms with van der Waals surface area (Å²) >= 11 is 0. The van der Waals surface area contributed by atoms with Gasteiger partial charge < -0.3 is 19.9 Å². The van der Waals surface area contributed by atoms with E-state index in [9.17, 15) is 9.59 Å². The summed E-state index contributed by atoms with van der Waals surface area (Å²) in [5.41, 5.74) is 2.46. The fourth-order valence-electron chi connectivity index (χ4n) is 2.98. The Morgan fingerprint density at radius 3 is 2.57 bits per heavy atom. The van der Waals surface area contributed by atoms with E-state index in [4.69, 9.17) is 4.74 Å². The van der Waals surface area contributed by atoms with Crippen molar-refractivity contribution >= 4 is 22.8 Å². The maximum absolute atomic E-state index is 12.1. The fourth-order valence-corrected chi connectivity index (χ4v) is 2.98. The first kappa shape index (κ1) is 19.4. The van der Waals surface area contributed by atoms with Crippen LogP contribution in [0, 0.1) is 6.92 Å². The molecule has 0 unspecified atom stereocenters. The Balaban J connectivity index is 1.45. The summed E-state index contributed by atoms with van der Waals surface area (Å²) in [6, 6.07) is 14.7. The van der Waals surface area contributed by atoms with Crippen molar-refractivity contribution < 1.29 is 14.3 Å². The monoisotopic (exact) mass is 380 g/mol. The average molecular weight is 380 g/mol. The van der Waals surface area contributed by atoms with Crippen molar-refractivity contribution in [1.82, 2.24) is 20.2 Å². The normalized spacial score (nSPS) is 10.6. The predicted molar refractivity (Wildman–Crippen MR) is 107 cm³/mol. The number of hydrogen-bond acceptors (Lipinski definition) is 4. The molecule has 28 heavy (non-hydrogen) atoms. The number of aryl methyl sites for hydroxylation is 1. The lowest BCUT2D eigenvalue weighted by atomic mass is 10.2. The third kappa shape index (κ3) is 4.68. The van der Waals surface area contributed by atoms with E-state index in [1.807, 2.05) is 38.1 Å². The third-order valence-electron chi connectivity index (χ3n) is 4.34. The Hall–Kier alpha value is -3.35. The Morgan fingerprint density at radius 2 is 1.82 bits per heavy atom. The molecule has 7 heteroatoms. The molecule has 0 atom stereocenters. The summed E-state index contributed by atoms with van der Waals surface area (Å²) in [6.45, 7) is 5.41. The number of rotatable bonds is 8. The third-order valence-corrected chi connectivity index (χ3v) is 4.34. The topological polar surface area (TPSA) is 85.2 Å². The molecule has 1 aromatic heterocycles. The van der Waals surface area contributed by atoms with E-state index in [1.165, 1.54) is 0 Å². The van der Waals surface area contributed by atoms with Crippen molar-refractivity contribution in [2.45, 2.75) is 20.4 Å². The van der Waals surface area contributed by atoms with Crippen molar-refractivity contribution in [3.8, 4) is 5.75 Å². The second-order valence-electron chi connectivity index (χ2n) is 6.29. The molecule has 0 fully saturated rings. The van der Waals surface area contributed by atoms with Crippen molar-refractivity contribution in [3.63, 3.8) is 0 Å². The number of nitrogens with one attached hydrogen (secondary N) is 2. The van der Waals surface area contributed by atoms with Crippen LogP contribution in [0.15, 0.2) is 48.5 Å². The van der Waals surface area contributed by atoms with Gasteiger partial charge in [-0.3, -0.25) is 9.59 Å². The number of carbonyl (C=O) groups is 2. The number of benzene rings is 2. The molecule has 3 aromatic rings. The molecule has 0 radical (unpaired) electrons. The van der Waals surface area contributed by atoms with E-state index in [-0.39, 0.29) is 18.4 Å². The number of amides is 2. The zero-order valence-electron chi connectivity index (χ0n) is 16.1. The lowest BCUT2D eigenvalue weighted by Gasteiger charge is -2.10. The molecular formula is C21H24N4O3. The standard InChI is InChI=1S/C21H24N4O3/c1-3-28-17-10-8-16(9-11-17)21(27)23-14-20(26)22-12-13-25-15(2)24-18-6-4-5-7-19(18)25/h4-11H,3,12-14H2,1-2H3,(H,22,26)(H,23,27). The lowest BCUT2D eigenvalue weighted by Crippen LogP contribution is -2.38. The van der Waals surface area contributed by atoms with Gasteiger partial charge in [0.15, 0.2) is 0 Å². The summed E-state index contributed by atoms with van der Waals surface area (Å²) < 4.78 is 7.41. The molecule has 0 spiro atoms. The van der Waals surface area contributed by atoms with Crippen molar-refractivity contribution in [2.75, 3.05) is 19.7 Å². The number of imidazole rings is 1.